The van der Waals surface area contributed by atoms with Crippen molar-refractivity contribution < 1.29 is 28.2 Å². The number of carbonyl (C=O) groups excluding carboxylic acids is 1. The molecule has 11 heteroatoms. The molecule has 1 aliphatic rings. The van der Waals surface area contributed by atoms with Crippen LogP contribution in [0.15, 0.2) is 28.7 Å². The summed E-state index contributed by atoms with van der Waals surface area (Å²) in [4.78, 5) is 21.0. The van der Waals surface area contributed by atoms with Crippen molar-refractivity contribution >= 4 is 36.5 Å². The zero-order valence-corrected chi connectivity index (χ0v) is 21.4. The number of fused-ring (bicyclic) bond motifs is 1. The molecule has 0 aliphatic carbocycles. The van der Waals surface area contributed by atoms with E-state index in [9.17, 15) is 4.79 Å². The van der Waals surface area contributed by atoms with Crippen LogP contribution in [-0.2, 0) is 6.42 Å². The minimum atomic E-state index is -1.54. The van der Waals surface area contributed by atoms with Crippen molar-refractivity contribution in [2.45, 2.75) is 32.0 Å². The maximum Gasteiger partial charge on any atom is 0.322 e. The summed E-state index contributed by atoms with van der Waals surface area (Å²) in [6.07, 6.45) is 2.22. The highest BCUT2D eigenvalue weighted by atomic mass is 35.5. The zero-order valence-electron chi connectivity index (χ0n) is 19.7. The topological polar surface area (TPSA) is 105 Å². The van der Waals surface area contributed by atoms with Gasteiger partial charge in [-0.1, -0.05) is 42.3 Å². The quantitative estimate of drug-likeness (QED) is 0.464. The summed E-state index contributed by atoms with van der Waals surface area (Å²) in [5, 5.41) is 4.51. The van der Waals surface area contributed by atoms with Crippen LogP contribution >= 0.6 is 11.6 Å². The normalized spacial score (nSPS) is 14.2. The Morgan fingerprint density at radius 3 is 2.44 bits per heavy atom. The van der Waals surface area contributed by atoms with Crippen LogP contribution in [0.5, 0.6) is 29.5 Å². The molecule has 0 saturated carbocycles. The first kappa shape index (κ1) is 23.9. The molecule has 0 fully saturated rings. The maximum absolute atomic E-state index is 12.8. The fourth-order valence-electron chi connectivity index (χ4n) is 4.04. The van der Waals surface area contributed by atoms with Crippen LogP contribution in [0.25, 0.3) is 0 Å². The van der Waals surface area contributed by atoms with Gasteiger partial charge in [0.1, 0.15) is 5.75 Å². The Morgan fingerprint density at radius 1 is 1.09 bits per heavy atom. The number of rotatable bonds is 7. The molecule has 1 N–H and O–H groups in total. The minimum Gasteiger partial charge on any atom is -0.479 e. The SMILES string of the molecule is COc1nc(OC)c(NC(=O)c2ccc(Oc3cc4c(cc3Cl)CCC[Si]4(C)C)o2)c(OC)n1. The number of hydrogen-bond acceptors (Lipinski definition) is 8. The number of aromatic nitrogens is 2. The van der Waals surface area contributed by atoms with Crippen molar-refractivity contribution in [1.29, 1.82) is 0 Å². The Labute approximate surface area is 203 Å². The molecule has 4 rings (SSSR count). The fraction of sp³-hybridized carbons (Fsp3) is 0.348. The predicted molar refractivity (Wildman–Crippen MR) is 130 cm³/mol. The lowest BCUT2D eigenvalue weighted by Crippen LogP contribution is -2.46. The summed E-state index contributed by atoms with van der Waals surface area (Å²) >= 11 is 6.49. The molecule has 34 heavy (non-hydrogen) atoms. The van der Waals surface area contributed by atoms with Crippen LogP contribution in [0.2, 0.25) is 24.2 Å². The minimum absolute atomic E-state index is 0.0127. The number of nitrogens with one attached hydrogen (secondary N) is 1. The molecule has 3 aromatic rings. The van der Waals surface area contributed by atoms with Crippen LogP contribution in [0.1, 0.15) is 22.5 Å². The molecule has 1 amide bonds. The van der Waals surface area contributed by atoms with Gasteiger partial charge in [-0.2, -0.15) is 9.97 Å². The standard InChI is InChI=1S/C23H26ClN3O6Si/c1-29-21-19(22(30-2)27-23(26-21)31-3)25-20(28)15-8-9-18(32-15)33-16-12-17-13(11-14(16)24)7-6-10-34(17,4)5/h8-9,11-12H,6-7,10H2,1-5H3,(H,25,28). The fourth-order valence-corrected chi connectivity index (χ4v) is 7.18. The third-order valence-electron chi connectivity index (χ3n) is 5.78. The molecule has 1 aliphatic heterocycles. The number of nitrogens with zero attached hydrogens (tertiary/aromatic N) is 2. The van der Waals surface area contributed by atoms with Gasteiger partial charge in [0, 0.05) is 6.07 Å². The van der Waals surface area contributed by atoms with Crippen molar-refractivity contribution in [2.24, 2.45) is 0 Å². The van der Waals surface area contributed by atoms with Crippen molar-refractivity contribution in [3.8, 4) is 29.5 Å². The highest BCUT2D eigenvalue weighted by Gasteiger charge is 2.31. The molecule has 180 valence electrons. The van der Waals surface area contributed by atoms with Gasteiger partial charge in [0.2, 0.25) is 11.8 Å². The second kappa shape index (κ2) is 9.55. The second-order valence-electron chi connectivity index (χ2n) is 8.46. The van der Waals surface area contributed by atoms with Gasteiger partial charge in [0.15, 0.2) is 11.4 Å². The van der Waals surface area contributed by atoms with E-state index in [0.717, 1.165) is 6.42 Å². The largest absolute Gasteiger partial charge is 0.479 e. The number of aryl methyl sites for hydroxylation is 1. The van der Waals surface area contributed by atoms with Crippen LogP contribution in [0.4, 0.5) is 5.69 Å². The third-order valence-corrected chi connectivity index (χ3v) is 9.60. The van der Waals surface area contributed by atoms with Crippen molar-refractivity contribution in [3.05, 3.63) is 40.6 Å². The molecule has 0 spiro atoms. The van der Waals surface area contributed by atoms with Crippen molar-refractivity contribution in [3.63, 3.8) is 0 Å². The van der Waals surface area contributed by atoms with Gasteiger partial charge < -0.3 is 28.7 Å². The van der Waals surface area contributed by atoms with E-state index < -0.39 is 14.0 Å². The number of hydrogen-bond donors (Lipinski definition) is 1. The monoisotopic (exact) mass is 503 g/mol. The van der Waals surface area contributed by atoms with E-state index in [1.807, 2.05) is 12.1 Å². The molecule has 2 aromatic heterocycles. The van der Waals surface area contributed by atoms with E-state index in [2.05, 4.69) is 28.4 Å². The lowest BCUT2D eigenvalue weighted by atomic mass is 10.1. The number of methoxy groups -OCH3 is 3. The molecule has 0 radical (unpaired) electrons. The molecular weight excluding hydrogens is 478 g/mol. The summed E-state index contributed by atoms with van der Waals surface area (Å²) in [5.74, 6) is 0.257. The maximum atomic E-state index is 12.8. The van der Waals surface area contributed by atoms with Gasteiger partial charge in [0.25, 0.3) is 11.9 Å². The van der Waals surface area contributed by atoms with Gasteiger partial charge in [-0.25, -0.2) is 0 Å². The lowest BCUT2D eigenvalue weighted by molar-refractivity contribution is 0.0990. The second-order valence-corrected chi connectivity index (χ2v) is 13.7. The van der Waals surface area contributed by atoms with Gasteiger partial charge in [0.05, 0.1) is 34.4 Å². The van der Waals surface area contributed by atoms with E-state index in [1.165, 1.54) is 50.6 Å². The Morgan fingerprint density at radius 2 is 1.79 bits per heavy atom. The average molecular weight is 504 g/mol. The number of amides is 1. The molecule has 1 aromatic carbocycles. The highest BCUT2D eigenvalue weighted by molar-refractivity contribution is 6.90. The third kappa shape index (κ3) is 4.69. The van der Waals surface area contributed by atoms with Crippen LogP contribution in [0, 0.1) is 0 Å². The molecular formula is C23H26ClN3O6Si. The molecule has 0 saturated heterocycles. The molecule has 0 bridgehead atoms. The van der Waals surface area contributed by atoms with E-state index in [4.69, 9.17) is 35.0 Å². The first-order valence-corrected chi connectivity index (χ1v) is 14.3. The lowest BCUT2D eigenvalue weighted by Gasteiger charge is -2.31. The van der Waals surface area contributed by atoms with E-state index in [1.54, 1.807) is 6.07 Å². The van der Waals surface area contributed by atoms with Gasteiger partial charge in [-0.3, -0.25) is 4.79 Å². The number of ether oxygens (including phenoxy) is 4. The highest BCUT2D eigenvalue weighted by Crippen LogP contribution is 2.36. The summed E-state index contributed by atoms with van der Waals surface area (Å²) in [6, 6.07) is 8.34. The number of furan rings is 1. The van der Waals surface area contributed by atoms with Crippen LogP contribution in [-0.4, -0.2) is 45.3 Å². The summed E-state index contributed by atoms with van der Waals surface area (Å²) in [6.45, 7) is 4.70. The van der Waals surface area contributed by atoms with Gasteiger partial charge >= 0.3 is 6.01 Å². The van der Waals surface area contributed by atoms with Crippen molar-refractivity contribution in [1.82, 2.24) is 9.97 Å². The predicted octanol–water partition coefficient (Wildman–Crippen LogP) is 4.66. The van der Waals surface area contributed by atoms with E-state index in [-0.39, 0.29) is 35.2 Å². The summed E-state index contributed by atoms with van der Waals surface area (Å²) in [7, 11) is 2.68. The van der Waals surface area contributed by atoms with E-state index >= 15 is 0 Å². The summed E-state index contributed by atoms with van der Waals surface area (Å²) < 4.78 is 27.0. The van der Waals surface area contributed by atoms with Gasteiger partial charge in [-0.15, -0.1) is 0 Å². The number of anilines is 1. The van der Waals surface area contributed by atoms with Crippen LogP contribution in [0.3, 0.4) is 0 Å². The Hall–Kier alpha value is -3.24. The molecule has 0 unspecified atom stereocenters. The van der Waals surface area contributed by atoms with Crippen molar-refractivity contribution in [2.75, 3.05) is 26.6 Å². The molecule has 9 nitrogen and oxygen atoms in total. The number of benzene rings is 1. The smallest absolute Gasteiger partial charge is 0.322 e. The zero-order chi connectivity index (χ0) is 24.5. The number of halogens is 1. The Kier molecular flexibility index (Phi) is 6.71. The Balaban J connectivity index is 1.56. The average Bonchev–Trinajstić information content (AvgIpc) is 3.28. The first-order valence-electron chi connectivity index (χ1n) is 10.7. The summed E-state index contributed by atoms with van der Waals surface area (Å²) in [5.41, 5.74) is 1.43. The molecule has 3 heterocycles. The Bertz CT molecular complexity index is 1200. The number of carbonyl (C=O) groups is 1. The first-order chi connectivity index (χ1) is 16.2. The van der Waals surface area contributed by atoms with Gasteiger partial charge in [-0.05, 0) is 30.2 Å². The van der Waals surface area contributed by atoms with E-state index in [0.29, 0.717) is 10.8 Å². The molecule has 0 atom stereocenters. The van der Waals surface area contributed by atoms with Crippen LogP contribution < -0.4 is 29.5 Å².